The lowest BCUT2D eigenvalue weighted by Crippen LogP contribution is -2.44. The predicted molar refractivity (Wildman–Crippen MR) is 81.6 cm³/mol. The summed E-state index contributed by atoms with van der Waals surface area (Å²) >= 11 is 0. The number of carbonyl (C=O) groups excluding carboxylic acids is 2. The summed E-state index contributed by atoms with van der Waals surface area (Å²) in [5.74, 6) is -0.392. The van der Waals surface area contributed by atoms with Crippen LogP contribution in [0.2, 0.25) is 0 Å². The third-order valence-corrected chi connectivity index (χ3v) is 4.28. The fraction of sp³-hybridized carbons (Fsp3) is 0.353. The third-order valence-electron chi connectivity index (χ3n) is 4.28. The number of nitrogens with one attached hydrogen (secondary N) is 1. The molecule has 2 aromatic rings. The molecule has 1 N–H and O–H groups in total. The van der Waals surface area contributed by atoms with E-state index in [1.807, 2.05) is 12.1 Å². The minimum absolute atomic E-state index is 0.0515. The van der Waals surface area contributed by atoms with Gasteiger partial charge in [-0.15, -0.1) is 0 Å². The number of amides is 2. The number of hydrogen-bond donors (Lipinski definition) is 1. The average molecular weight is 311 g/mol. The van der Waals surface area contributed by atoms with Crippen LogP contribution in [0.4, 0.5) is 0 Å². The molecule has 1 atom stereocenters. The summed E-state index contributed by atoms with van der Waals surface area (Å²) in [6.45, 7) is 0.762. The topological polar surface area (TPSA) is 75.4 Å². The van der Waals surface area contributed by atoms with Crippen LogP contribution in [-0.2, 0) is 11.3 Å². The maximum absolute atomic E-state index is 12.6. The van der Waals surface area contributed by atoms with Crippen LogP contribution in [-0.4, -0.2) is 34.3 Å². The molecule has 0 spiro atoms. The van der Waals surface area contributed by atoms with Crippen molar-refractivity contribution in [2.75, 3.05) is 6.54 Å². The first-order valence-corrected chi connectivity index (χ1v) is 7.79. The minimum Gasteiger partial charge on any atom is -0.459 e. The summed E-state index contributed by atoms with van der Waals surface area (Å²) in [7, 11) is 0. The lowest BCUT2D eigenvalue weighted by atomic mass is 9.93. The van der Waals surface area contributed by atoms with Crippen molar-refractivity contribution in [3.63, 3.8) is 0 Å². The second-order valence-electron chi connectivity index (χ2n) is 6.05. The third kappa shape index (κ3) is 2.72. The van der Waals surface area contributed by atoms with Gasteiger partial charge in [-0.3, -0.25) is 14.6 Å². The summed E-state index contributed by atoms with van der Waals surface area (Å²) < 4.78 is 5.20. The Bertz CT molecular complexity index is 737. The highest BCUT2D eigenvalue weighted by molar-refractivity contribution is 5.93. The summed E-state index contributed by atoms with van der Waals surface area (Å²) in [5.41, 5.74) is 1.68. The van der Waals surface area contributed by atoms with Gasteiger partial charge in [-0.05, 0) is 36.6 Å². The molecule has 2 aromatic heterocycles. The number of carbonyl (C=O) groups is 2. The van der Waals surface area contributed by atoms with E-state index in [-0.39, 0.29) is 17.9 Å². The van der Waals surface area contributed by atoms with Gasteiger partial charge in [0.1, 0.15) is 0 Å². The number of furan rings is 1. The van der Waals surface area contributed by atoms with E-state index >= 15 is 0 Å². The van der Waals surface area contributed by atoms with Gasteiger partial charge in [0.05, 0.1) is 17.9 Å². The molecule has 2 aliphatic rings. The molecule has 23 heavy (non-hydrogen) atoms. The molecule has 118 valence electrons. The fourth-order valence-electron chi connectivity index (χ4n) is 2.92. The number of pyridine rings is 1. The Morgan fingerprint density at radius 2 is 2.13 bits per heavy atom. The molecule has 0 saturated heterocycles. The number of aromatic nitrogens is 1. The molecule has 1 aliphatic heterocycles. The highest BCUT2D eigenvalue weighted by Gasteiger charge is 2.36. The highest BCUT2D eigenvalue weighted by atomic mass is 16.3. The van der Waals surface area contributed by atoms with Crippen LogP contribution in [0.3, 0.4) is 0 Å². The summed E-state index contributed by atoms with van der Waals surface area (Å²) in [5, 5.41) is 3.02. The second-order valence-corrected chi connectivity index (χ2v) is 6.05. The van der Waals surface area contributed by atoms with Gasteiger partial charge in [-0.2, -0.15) is 0 Å². The molecule has 3 heterocycles. The van der Waals surface area contributed by atoms with Crippen LogP contribution in [0.15, 0.2) is 41.1 Å². The van der Waals surface area contributed by atoms with Crippen LogP contribution in [0.5, 0.6) is 0 Å². The molecular formula is C17H17N3O3. The van der Waals surface area contributed by atoms with Crippen LogP contribution < -0.4 is 5.32 Å². The quantitative estimate of drug-likeness (QED) is 0.936. The molecule has 1 saturated carbocycles. The zero-order valence-electron chi connectivity index (χ0n) is 12.6. The second kappa shape index (κ2) is 5.53. The fourth-order valence-corrected chi connectivity index (χ4v) is 2.92. The Labute approximate surface area is 133 Å². The smallest absolute Gasteiger partial charge is 0.289 e. The maximum atomic E-state index is 12.6. The molecule has 6 heteroatoms. The van der Waals surface area contributed by atoms with Gasteiger partial charge in [-0.1, -0.05) is 6.07 Å². The molecule has 4 rings (SSSR count). The highest BCUT2D eigenvalue weighted by Crippen LogP contribution is 2.29. The SMILES string of the molecule is O=C(NC1CC1)C1CN(C(=O)c2ccco2)Cc2cccnc21. The van der Waals surface area contributed by atoms with E-state index in [2.05, 4.69) is 10.3 Å². The van der Waals surface area contributed by atoms with E-state index in [4.69, 9.17) is 4.42 Å². The van der Waals surface area contributed by atoms with E-state index in [1.54, 1.807) is 23.2 Å². The molecule has 1 fully saturated rings. The minimum atomic E-state index is -0.431. The summed E-state index contributed by atoms with van der Waals surface area (Å²) in [6.07, 6.45) is 5.23. The van der Waals surface area contributed by atoms with Gasteiger partial charge in [-0.25, -0.2) is 0 Å². The summed E-state index contributed by atoms with van der Waals surface area (Å²) in [4.78, 5) is 31.1. The molecule has 0 radical (unpaired) electrons. The number of fused-ring (bicyclic) bond motifs is 1. The maximum Gasteiger partial charge on any atom is 0.289 e. The van der Waals surface area contributed by atoms with Gasteiger partial charge < -0.3 is 14.6 Å². The van der Waals surface area contributed by atoms with Gasteiger partial charge in [0.25, 0.3) is 5.91 Å². The largest absolute Gasteiger partial charge is 0.459 e. The number of hydrogen-bond acceptors (Lipinski definition) is 4. The summed E-state index contributed by atoms with van der Waals surface area (Å²) in [6, 6.07) is 7.35. The van der Waals surface area contributed by atoms with E-state index in [1.165, 1.54) is 6.26 Å². The molecule has 6 nitrogen and oxygen atoms in total. The lowest BCUT2D eigenvalue weighted by molar-refractivity contribution is -0.123. The Kier molecular flexibility index (Phi) is 3.37. The lowest BCUT2D eigenvalue weighted by Gasteiger charge is -2.32. The predicted octanol–water partition coefficient (Wildman–Crippen LogP) is 1.69. The first-order valence-electron chi connectivity index (χ1n) is 7.79. The zero-order chi connectivity index (χ0) is 15.8. The van der Waals surface area contributed by atoms with Gasteiger partial charge in [0, 0.05) is 25.3 Å². The van der Waals surface area contributed by atoms with Crippen molar-refractivity contribution in [3.8, 4) is 0 Å². The zero-order valence-corrected chi connectivity index (χ0v) is 12.6. The van der Waals surface area contributed by atoms with Gasteiger partial charge in [0.15, 0.2) is 5.76 Å². The normalized spacial score (nSPS) is 20.0. The first-order chi connectivity index (χ1) is 11.2. The Morgan fingerprint density at radius 1 is 1.26 bits per heavy atom. The van der Waals surface area contributed by atoms with E-state index < -0.39 is 5.92 Å². The van der Waals surface area contributed by atoms with E-state index in [0.717, 1.165) is 24.1 Å². The van der Waals surface area contributed by atoms with Crippen molar-refractivity contribution in [2.45, 2.75) is 31.3 Å². The van der Waals surface area contributed by atoms with Crippen molar-refractivity contribution in [1.82, 2.24) is 15.2 Å². The van der Waals surface area contributed by atoms with Crippen molar-refractivity contribution < 1.29 is 14.0 Å². The molecule has 1 aliphatic carbocycles. The van der Waals surface area contributed by atoms with Gasteiger partial charge >= 0.3 is 0 Å². The van der Waals surface area contributed by atoms with Crippen molar-refractivity contribution >= 4 is 11.8 Å². The molecular weight excluding hydrogens is 294 g/mol. The first kappa shape index (κ1) is 14.0. The average Bonchev–Trinajstić information content (AvgIpc) is 3.22. The molecule has 0 bridgehead atoms. The van der Waals surface area contributed by atoms with Crippen LogP contribution in [0.25, 0.3) is 0 Å². The van der Waals surface area contributed by atoms with Crippen molar-refractivity contribution in [2.24, 2.45) is 0 Å². The van der Waals surface area contributed by atoms with Gasteiger partial charge in [0.2, 0.25) is 5.91 Å². The van der Waals surface area contributed by atoms with Crippen LogP contribution >= 0.6 is 0 Å². The van der Waals surface area contributed by atoms with Crippen molar-refractivity contribution in [1.29, 1.82) is 0 Å². The number of nitrogens with zero attached hydrogens (tertiary/aromatic N) is 2. The molecule has 0 aromatic carbocycles. The van der Waals surface area contributed by atoms with Crippen LogP contribution in [0, 0.1) is 0 Å². The molecule has 1 unspecified atom stereocenters. The number of rotatable bonds is 3. The van der Waals surface area contributed by atoms with E-state index in [9.17, 15) is 9.59 Å². The van der Waals surface area contributed by atoms with Crippen LogP contribution in [0.1, 0.15) is 40.6 Å². The Hall–Kier alpha value is -2.63. The molecule has 2 amide bonds. The van der Waals surface area contributed by atoms with E-state index in [0.29, 0.717) is 18.8 Å². The Morgan fingerprint density at radius 3 is 2.87 bits per heavy atom. The monoisotopic (exact) mass is 311 g/mol. The Balaban J connectivity index is 1.62. The standard InChI is InChI=1S/C17H17N3O3/c21-16(19-12-5-6-12)13-10-20(17(22)14-4-2-8-23-14)9-11-3-1-7-18-15(11)13/h1-4,7-8,12-13H,5-6,9-10H2,(H,19,21). The van der Waals surface area contributed by atoms with Crippen molar-refractivity contribution in [3.05, 3.63) is 53.7 Å².